The van der Waals surface area contributed by atoms with Crippen molar-refractivity contribution in [2.75, 3.05) is 19.3 Å². The van der Waals surface area contributed by atoms with Gasteiger partial charge in [-0.2, -0.15) is 0 Å². The fourth-order valence-electron chi connectivity index (χ4n) is 2.82. The Hall–Kier alpha value is -1.64. The van der Waals surface area contributed by atoms with Gasteiger partial charge in [-0.1, -0.05) is 6.07 Å². The van der Waals surface area contributed by atoms with Gasteiger partial charge in [-0.25, -0.2) is 13.1 Å². The molecular formula is C15H19N3O3S2. The largest absolute Gasteiger partial charge is 0.338 e. The van der Waals surface area contributed by atoms with Crippen molar-refractivity contribution in [3.63, 3.8) is 0 Å². The monoisotopic (exact) mass is 353 g/mol. The Labute approximate surface area is 139 Å². The molecule has 124 valence electrons. The van der Waals surface area contributed by atoms with Crippen molar-refractivity contribution < 1.29 is 13.2 Å². The van der Waals surface area contributed by atoms with E-state index in [4.69, 9.17) is 0 Å². The second kappa shape index (κ2) is 6.46. The minimum Gasteiger partial charge on any atom is -0.338 e. The number of sulfonamides is 1. The van der Waals surface area contributed by atoms with Crippen LogP contribution in [0.1, 0.15) is 21.8 Å². The quantitative estimate of drug-likeness (QED) is 0.882. The first-order valence-corrected chi connectivity index (χ1v) is 10.1. The molecule has 23 heavy (non-hydrogen) atoms. The Kier molecular flexibility index (Phi) is 4.56. The summed E-state index contributed by atoms with van der Waals surface area (Å²) >= 11 is 1.66. The lowest BCUT2D eigenvalue weighted by atomic mass is 10.3. The Morgan fingerprint density at radius 2 is 2.22 bits per heavy atom. The molecule has 0 spiro atoms. The highest BCUT2D eigenvalue weighted by Gasteiger charge is 2.29. The first-order chi connectivity index (χ1) is 10.9. The number of nitrogens with zero attached hydrogens (tertiary/aromatic N) is 2. The van der Waals surface area contributed by atoms with Gasteiger partial charge < -0.3 is 9.47 Å². The molecule has 0 bridgehead atoms. The van der Waals surface area contributed by atoms with Crippen molar-refractivity contribution in [1.29, 1.82) is 0 Å². The zero-order valence-corrected chi connectivity index (χ0v) is 14.4. The van der Waals surface area contributed by atoms with Crippen LogP contribution in [0.2, 0.25) is 0 Å². The van der Waals surface area contributed by atoms with Gasteiger partial charge >= 0.3 is 0 Å². The van der Waals surface area contributed by atoms with E-state index in [0.29, 0.717) is 31.7 Å². The van der Waals surface area contributed by atoms with Crippen molar-refractivity contribution in [3.05, 3.63) is 46.4 Å². The van der Waals surface area contributed by atoms with E-state index in [-0.39, 0.29) is 11.9 Å². The average Bonchev–Trinajstić information content (AvgIpc) is 3.18. The molecule has 2 aromatic heterocycles. The van der Waals surface area contributed by atoms with Gasteiger partial charge in [-0.3, -0.25) is 4.79 Å². The number of rotatable bonds is 5. The van der Waals surface area contributed by atoms with Crippen LogP contribution in [0.4, 0.5) is 0 Å². The summed E-state index contributed by atoms with van der Waals surface area (Å²) in [5, 5.41) is 2.02. The van der Waals surface area contributed by atoms with Crippen LogP contribution in [0.3, 0.4) is 0 Å². The third-order valence-corrected chi connectivity index (χ3v) is 5.43. The molecule has 1 atom stereocenters. The summed E-state index contributed by atoms with van der Waals surface area (Å²) in [5.41, 5.74) is 0.637. The molecule has 1 unspecified atom stereocenters. The summed E-state index contributed by atoms with van der Waals surface area (Å²) < 4.78 is 27.1. The van der Waals surface area contributed by atoms with Gasteiger partial charge in [0.05, 0.1) is 12.8 Å². The molecule has 1 fully saturated rings. The van der Waals surface area contributed by atoms with Crippen LogP contribution < -0.4 is 4.72 Å². The number of aromatic nitrogens is 1. The Morgan fingerprint density at radius 3 is 2.91 bits per heavy atom. The molecule has 3 heterocycles. The predicted octanol–water partition coefficient (Wildman–Crippen LogP) is 1.36. The van der Waals surface area contributed by atoms with Gasteiger partial charge in [0.25, 0.3) is 5.91 Å². The zero-order chi connectivity index (χ0) is 16.4. The molecule has 6 nitrogen and oxygen atoms in total. The second-order valence-electron chi connectivity index (χ2n) is 5.73. The fraction of sp³-hybridized carbons (Fsp3) is 0.400. The molecule has 2 aromatic rings. The number of likely N-dealkylation sites (tertiary alicyclic amines) is 1. The van der Waals surface area contributed by atoms with Crippen LogP contribution in [0.15, 0.2) is 35.8 Å². The molecule has 8 heteroatoms. The van der Waals surface area contributed by atoms with Gasteiger partial charge in [0.2, 0.25) is 10.0 Å². The summed E-state index contributed by atoms with van der Waals surface area (Å²) in [6.07, 6.45) is 3.68. The Morgan fingerprint density at radius 1 is 1.39 bits per heavy atom. The Balaban J connectivity index is 1.69. The molecule has 1 saturated heterocycles. The van der Waals surface area contributed by atoms with Crippen LogP contribution >= 0.6 is 11.3 Å². The van der Waals surface area contributed by atoms with Gasteiger partial charge in [-0.15, -0.1) is 11.3 Å². The van der Waals surface area contributed by atoms with Gasteiger partial charge in [0.15, 0.2) is 0 Å². The molecule has 0 saturated carbocycles. The van der Waals surface area contributed by atoms with Gasteiger partial charge in [-0.05, 0) is 30.0 Å². The molecule has 0 aromatic carbocycles. The minimum atomic E-state index is -3.24. The minimum absolute atomic E-state index is 0.0515. The van der Waals surface area contributed by atoms with E-state index in [1.165, 1.54) is 4.88 Å². The molecular weight excluding hydrogens is 334 g/mol. The zero-order valence-electron chi connectivity index (χ0n) is 12.8. The lowest BCUT2D eigenvalue weighted by Gasteiger charge is -2.18. The lowest BCUT2D eigenvalue weighted by molar-refractivity contribution is 0.0780. The highest BCUT2D eigenvalue weighted by atomic mass is 32.2. The first kappa shape index (κ1) is 16.2. The maximum absolute atomic E-state index is 12.7. The number of nitrogens with one attached hydrogen (secondary N) is 1. The molecule has 0 radical (unpaired) electrons. The summed E-state index contributed by atoms with van der Waals surface area (Å²) in [4.78, 5) is 15.6. The number of carbonyl (C=O) groups excluding carboxylic acids is 1. The molecule has 1 aliphatic heterocycles. The Bertz CT molecular complexity index is 781. The van der Waals surface area contributed by atoms with Crippen LogP contribution in [0.25, 0.3) is 0 Å². The van der Waals surface area contributed by atoms with E-state index in [2.05, 4.69) is 4.72 Å². The van der Waals surface area contributed by atoms with Crippen LogP contribution in [-0.2, 0) is 16.6 Å². The number of hydrogen-bond acceptors (Lipinski definition) is 4. The van der Waals surface area contributed by atoms with Crippen molar-refractivity contribution in [2.45, 2.75) is 19.0 Å². The number of hydrogen-bond donors (Lipinski definition) is 1. The van der Waals surface area contributed by atoms with E-state index in [9.17, 15) is 13.2 Å². The van der Waals surface area contributed by atoms with E-state index in [1.54, 1.807) is 16.2 Å². The number of thiophene rings is 1. The molecule has 3 rings (SSSR count). The van der Waals surface area contributed by atoms with Crippen molar-refractivity contribution in [1.82, 2.24) is 14.2 Å². The first-order valence-electron chi connectivity index (χ1n) is 7.36. The van der Waals surface area contributed by atoms with Crippen LogP contribution in [-0.4, -0.2) is 49.2 Å². The second-order valence-corrected chi connectivity index (χ2v) is 8.54. The summed E-state index contributed by atoms with van der Waals surface area (Å²) in [5.74, 6) is -0.0515. The fourth-order valence-corrected chi connectivity index (χ4v) is 4.32. The van der Waals surface area contributed by atoms with E-state index < -0.39 is 10.0 Å². The van der Waals surface area contributed by atoms with Crippen molar-refractivity contribution in [3.8, 4) is 0 Å². The average molecular weight is 353 g/mol. The highest BCUT2D eigenvalue weighted by Crippen LogP contribution is 2.17. The van der Waals surface area contributed by atoms with E-state index in [1.807, 2.05) is 40.4 Å². The standard InChI is InChI=1S/C15H19N3O3S2/c1-23(20,21)16-12-6-8-18(10-12)15(19)14-5-2-7-17(14)11-13-4-3-9-22-13/h2-5,7,9,12,16H,6,8,10-11H2,1H3. The van der Waals surface area contributed by atoms with E-state index >= 15 is 0 Å². The number of carbonyl (C=O) groups is 1. The van der Waals surface area contributed by atoms with Gasteiger partial charge in [0, 0.05) is 30.2 Å². The summed E-state index contributed by atoms with van der Waals surface area (Å²) in [6.45, 7) is 1.65. The number of amides is 1. The maximum atomic E-state index is 12.7. The highest BCUT2D eigenvalue weighted by molar-refractivity contribution is 7.88. The van der Waals surface area contributed by atoms with Gasteiger partial charge in [0.1, 0.15) is 5.69 Å². The van der Waals surface area contributed by atoms with Crippen molar-refractivity contribution >= 4 is 27.3 Å². The smallest absolute Gasteiger partial charge is 0.270 e. The third kappa shape index (κ3) is 4.01. The predicted molar refractivity (Wildman–Crippen MR) is 90.1 cm³/mol. The third-order valence-electron chi connectivity index (χ3n) is 3.81. The SMILES string of the molecule is CS(=O)(=O)NC1CCN(C(=O)c2cccn2Cc2cccs2)C1. The summed E-state index contributed by atoms with van der Waals surface area (Å²) in [7, 11) is -3.24. The molecule has 1 aliphatic rings. The topological polar surface area (TPSA) is 71.4 Å². The normalized spacial score (nSPS) is 18.5. The summed E-state index contributed by atoms with van der Waals surface area (Å²) in [6, 6.07) is 7.51. The molecule has 1 N–H and O–H groups in total. The van der Waals surface area contributed by atoms with Crippen molar-refractivity contribution in [2.24, 2.45) is 0 Å². The lowest BCUT2D eigenvalue weighted by Crippen LogP contribution is -2.38. The molecule has 0 aliphatic carbocycles. The maximum Gasteiger partial charge on any atom is 0.270 e. The van der Waals surface area contributed by atoms with Crippen LogP contribution in [0.5, 0.6) is 0 Å². The molecule has 1 amide bonds. The van der Waals surface area contributed by atoms with E-state index in [0.717, 1.165) is 6.26 Å². The van der Waals surface area contributed by atoms with Crippen LogP contribution in [0, 0.1) is 0 Å².